The number of rotatable bonds is 6. The highest BCUT2D eigenvalue weighted by molar-refractivity contribution is 6.49. The zero-order chi connectivity index (χ0) is 11.2. The summed E-state index contributed by atoms with van der Waals surface area (Å²) in [5, 5.41) is 0. The van der Waals surface area contributed by atoms with Gasteiger partial charge in [0.2, 0.25) is 0 Å². The van der Waals surface area contributed by atoms with Gasteiger partial charge in [-0.15, -0.1) is 0 Å². The topological polar surface area (TPSA) is 39.3 Å². The number of hydrogen-bond acceptors (Lipinski definition) is 4. The lowest BCUT2D eigenvalue weighted by Gasteiger charge is -2.35. The molecule has 0 saturated carbocycles. The Morgan fingerprint density at radius 3 is 1.93 bits per heavy atom. The van der Waals surface area contributed by atoms with Crippen molar-refractivity contribution in [2.45, 2.75) is 39.7 Å². The van der Waals surface area contributed by atoms with Crippen LogP contribution in [-0.4, -0.2) is 40.1 Å². The summed E-state index contributed by atoms with van der Waals surface area (Å²) in [4.78, 5) is 6.70. The predicted octanol–water partition coefficient (Wildman–Crippen LogP) is 0.158. The second kappa shape index (κ2) is 6.52. The Morgan fingerprint density at radius 2 is 1.64 bits per heavy atom. The summed E-state index contributed by atoms with van der Waals surface area (Å²) in [5.74, 6) is 0. The summed E-state index contributed by atoms with van der Waals surface area (Å²) in [7, 11) is 2.83. The highest BCUT2D eigenvalue weighted by Crippen LogP contribution is 2.01. The minimum Gasteiger partial charge on any atom is -0.318 e. The van der Waals surface area contributed by atoms with Gasteiger partial charge in [0.25, 0.3) is 9.28 Å². The van der Waals surface area contributed by atoms with E-state index >= 15 is 0 Å². The first-order valence-electron chi connectivity index (χ1n) is 5.33. The molecule has 14 heavy (non-hydrogen) atoms. The lowest BCUT2D eigenvalue weighted by Crippen LogP contribution is -2.65. The Morgan fingerprint density at radius 1 is 1.14 bits per heavy atom. The maximum Gasteiger partial charge on any atom is 0.280 e. The summed E-state index contributed by atoms with van der Waals surface area (Å²) in [6, 6.07) is 0. The summed E-state index contributed by atoms with van der Waals surface area (Å²) >= 11 is 0. The van der Waals surface area contributed by atoms with Crippen molar-refractivity contribution in [2.75, 3.05) is 20.6 Å². The fourth-order valence-corrected chi connectivity index (χ4v) is 3.32. The molecule has 0 aromatic rings. The number of nitrogens with zero attached hydrogens (tertiary/aromatic N) is 1. The van der Waals surface area contributed by atoms with Crippen LogP contribution < -0.4 is 15.4 Å². The first kappa shape index (κ1) is 14.1. The fraction of sp³-hybridized carbons (Fsp3) is 1.00. The van der Waals surface area contributed by atoms with Crippen LogP contribution in [0.1, 0.15) is 34.1 Å². The molecule has 0 heterocycles. The van der Waals surface area contributed by atoms with Crippen LogP contribution in [0.5, 0.6) is 0 Å². The molecule has 0 aliphatic carbocycles. The highest BCUT2D eigenvalue weighted by Gasteiger charge is 2.21. The second-order valence-corrected chi connectivity index (χ2v) is 7.12. The molecular formula is C9H26N4Si. The second-order valence-electron chi connectivity index (χ2n) is 4.54. The molecule has 0 fully saturated rings. The van der Waals surface area contributed by atoms with E-state index in [4.69, 9.17) is 0 Å². The molecule has 0 spiro atoms. The van der Waals surface area contributed by atoms with Crippen molar-refractivity contribution >= 4 is 9.28 Å². The first-order chi connectivity index (χ1) is 6.44. The van der Waals surface area contributed by atoms with Crippen molar-refractivity contribution in [3.05, 3.63) is 0 Å². The Hall–Kier alpha value is 0.0569. The third-order valence-corrected chi connectivity index (χ3v) is 3.91. The Labute approximate surface area is 90.3 Å². The SMILES string of the molecule is CCCN(NC(C)(C)C)[SiH](NC)NC. The van der Waals surface area contributed by atoms with Gasteiger partial charge in [-0.05, 0) is 41.3 Å². The average molecular weight is 218 g/mol. The van der Waals surface area contributed by atoms with Gasteiger partial charge in [-0.25, -0.2) is 4.67 Å². The molecule has 5 heteroatoms. The number of nitrogens with one attached hydrogen (secondary N) is 3. The fourth-order valence-electron chi connectivity index (χ4n) is 1.38. The van der Waals surface area contributed by atoms with E-state index in [0.29, 0.717) is 0 Å². The molecule has 0 aromatic heterocycles. The highest BCUT2D eigenvalue weighted by atomic mass is 28.3. The van der Waals surface area contributed by atoms with Crippen LogP contribution in [0.15, 0.2) is 0 Å². The van der Waals surface area contributed by atoms with Crippen molar-refractivity contribution in [3.63, 3.8) is 0 Å². The van der Waals surface area contributed by atoms with E-state index in [-0.39, 0.29) is 5.54 Å². The standard InChI is InChI=1S/C9H26N4Si/c1-7-8-13(12-9(2,3)4)14(10-5)11-6/h10-12,14H,7-8H2,1-6H3. The summed E-state index contributed by atoms with van der Waals surface area (Å²) < 4.78 is 2.33. The molecule has 0 aliphatic rings. The molecule has 0 aliphatic heterocycles. The van der Waals surface area contributed by atoms with Crippen LogP contribution >= 0.6 is 0 Å². The maximum absolute atomic E-state index is 3.53. The molecule has 0 saturated heterocycles. The zero-order valence-electron chi connectivity index (χ0n) is 10.4. The van der Waals surface area contributed by atoms with Crippen LogP contribution in [0.4, 0.5) is 0 Å². The van der Waals surface area contributed by atoms with Crippen LogP contribution in [0.2, 0.25) is 0 Å². The molecule has 0 atom stereocenters. The summed E-state index contributed by atoms with van der Waals surface area (Å²) in [5.41, 5.74) is 3.66. The third kappa shape index (κ3) is 5.72. The van der Waals surface area contributed by atoms with E-state index in [1.807, 2.05) is 14.1 Å². The van der Waals surface area contributed by atoms with E-state index < -0.39 is 9.28 Å². The lowest BCUT2D eigenvalue weighted by atomic mass is 10.1. The Kier molecular flexibility index (Phi) is 6.55. The largest absolute Gasteiger partial charge is 0.318 e. The van der Waals surface area contributed by atoms with Crippen LogP contribution in [0, 0.1) is 0 Å². The van der Waals surface area contributed by atoms with E-state index in [9.17, 15) is 0 Å². The Bertz CT molecular complexity index is 142. The smallest absolute Gasteiger partial charge is 0.280 e. The van der Waals surface area contributed by atoms with Crippen molar-refractivity contribution in [2.24, 2.45) is 0 Å². The van der Waals surface area contributed by atoms with Crippen molar-refractivity contribution in [1.82, 2.24) is 20.1 Å². The molecule has 0 amide bonds. The summed E-state index contributed by atoms with van der Waals surface area (Å²) in [6.45, 7) is 9.84. The third-order valence-electron chi connectivity index (χ3n) is 1.80. The van der Waals surface area contributed by atoms with Gasteiger partial charge in [0.05, 0.1) is 0 Å². The van der Waals surface area contributed by atoms with Crippen molar-refractivity contribution < 1.29 is 0 Å². The molecule has 0 aromatic carbocycles. The van der Waals surface area contributed by atoms with Crippen LogP contribution in [0.3, 0.4) is 0 Å². The molecule has 3 N–H and O–H groups in total. The van der Waals surface area contributed by atoms with Gasteiger partial charge in [0.15, 0.2) is 0 Å². The number of hydrazine groups is 1. The predicted molar refractivity (Wildman–Crippen MR) is 65.2 cm³/mol. The van der Waals surface area contributed by atoms with Crippen molar-refractivity contribution in [3.8, 4) is 0 Å². The van der Waals surface area contributed by atoms with Crippen LogP contribution in [-0.2, 0) is 0 Å². The molecule has 0 rings (SSSR count). The van der Waals surface area contributed by atoms with Gasteiger partial charge in [-0.3, -0.25) is 5.43 Å². The molecule has 0 bridgehead atoms. The monoisotopic (exact) mass is 218 g/mol. The lowest BCUT2D eigenvalue weighted by molar-refractivity contribution is 0.217. The quantitative estimate of drug-likeness (QED) is 0.439. The zero-order valence-corrected chi connectivity index (χ0v) is 11.6. The molecule has 4 nitrogen and oxygen atoms in total. The van der Waals surface area contributed by atoms with Gasteiger partial charge in [0.1, 0.15) is 0 Å². The number of hydrogen-bond donors (Lipinski definition) is 3. The minimum atomic E-state index is -1.20. The van der Waals surface area contributed by atoms with Crippen LogP contribution in [0.25, 0.3) is 0 Å². The van der Waals surface area contributed by atoms with Gasteiger partial charge in [0, 0.05) is 12.1 Å². The van der Waals surface area contributed by atoms with Gasteiger partial charge in [-0.2, -0.15) is 0 Å². The maximum atomic E-state index is 3.53. The normalized spacial score (nSPS) is 12.9. The van der Waals surface area contributed by atoms with E-state index in [1.165, 1.54) is 0 Å². The minimum absolute atomic E-state index is 0.133. The first-order valence-corrected chi connectivity index (χ1v) is 7.00. The van der Waals surface area contributed by atoms with E-state index in [2.05, 4.69) is 47.8 Å². The van der Waals surface area contributed by atoms with E-state index in [1.54, 1.807) is 0 Å². The van der Waals surface area contributed by atoms with Gasteiger partial charge >= 0.3 is 0 Å². The van der Waals surface area contributed by atoms with Gasteiger partial charge in [-0.1, -0.05) is 6.92 Å². The molecular weight excluding hydrogens is 192 g/mol. The van der Waals surface area contributed by atoms with E-state index in [0.717, 1.165) is 13.0 Å². The Balaban J connectivity index is 4.26. The summed E-state index contributed by atoms with van der Waals surface area (Å²) in [6.07, 6.45) is 1.16. The van der Waals surface area contributed by atoms with Crippen molar-refractivity contribution in [1.29, 1.82) is 0 Å². The molecule has 0 unspecified atom stereocenters. The molecule has 86 valence electrons. The van der Waals surface area contributed by atoms with Gasteiger partial charge < -0.3 is 9.96 Å². The molecule has 0 radical (unpaired) electrons. The average Bonchev–Trinajstić information content (AvgIpc) is 2.04.